The average Bonchev–Trinajstić information content (AvgIpc) is 2.68. The van der Waals surface area contributed by atoms with Gasteiger partial charge in [0.15, 0.2) is 0 Å². The standard InChI is InChI=1S/C20H14ClF3N2O3/c21-17-9-13(12-28-16-5-2-8-25-11-16)6-7-18(17)26-19(27)14-3-1-4-15(10-14)29-20(22,23)24/h1-11H,12H2,(H,26,27). The lowest BCUT2D eigenvalue weighted by Crippen LogP contribution is -2.18. The van der Waals surface area contributed by atoms with Crippen LogP contribution in [0.2, 0.25) is 5.02 Å². The number of ether oxygens (including phenoxy) is 2. The van der Waals surface area contributed by atoms with Crippen molar-refractivity contribution in [2.24, 2.45) is 0 Å². The van der Waals surface area contributed by atoms with E-state index in [2.05, 4.69) is 15.0 Å². The zero-order valence-corrected chi connectivity index (χ0v) is 15.5. The van der Waals surface area contributed by atoms with Crippen LogP contribution in [0, 0.1) is 0 Å². The number of halogens is 4. The smallest absolute Gasteiger partial charge is 0.487 e. The number of carbonyl (C=O) groups excluding carboxylic acids is 1. The normalized spacial score (nSPS) is 11.0. The molecule has 0 saturated carbocycles. The molecule has 0 aliphatic heterocycles. The van der Waals surface area contributed by atoms with Crippen LogP contribution >= 0.6 is 11.6 Å². The molecular formula is C20H14ClF3N2O3. The van der Waals surface area contributed by atoms with E-state index in [-0.39, 0.29) is 17.2 Å². The van der Waals surface area contributed by atoms with Crippen LogP contribution in [0.1, 0.15) is 15.9 Å². The molecule has 3 aromatic rings. The highest BCUT2D eigenvalue weighted by Crippen LogP contribution is 2.26. The number of rotatable bonds is 6. The third-order valence-corrected chi connectivity index (χ3v) is 3.96. The SMILES string of the molecule is O=C(Nc1ccc(COc2cccnc2)cc1Cl)c1cccc(OC(F)(F)F)c1. The molecular weight excluding hydrogens is 409 g/mol. The first-order valence-corrected chi connectivity index (χ1v) is 8.66. The summed E-state index contributed by atoms with van der Waals surface area (Å²) in [4.78, 5) is 16.3. The Kier molecular flexibility index (Phi) is 6.23. The van der Waals surface area contributed by atoms with Gasteiger partial charge in [-0.25, -0.2) is 0 Å². The summed E-state index contributed by atoms with van der Waals surface area (Å²) >= 11 is 6.21. The van der Waals surface area contributed by atoms with E-state index in [1.165, 1.54) is 12.1 Å². The van der Waals surface area contributed by atoms with Gasteiger partial charge in [-0.3, -0.25) is 9.78 Å². The molecule has 0 aliphatic carbocycles. The van der Waals surface area contributed by atoms with Crippen molar-refractivity contribution < 1.29 is 27.4 Å². The summed E-state index contributed by atoms with van der Waals surface area (Å²) in [6.07, 6.45) is -1.63. The molecule has 0 bridgehead atoms. The second-order valence-electron chi connectivity index (χ2n) is 5.82. The second kappa shape index (κ2) is 8.83. The minimum atomic E-state index is -4.84. The van der Waals surface area contributed by atoms with Crippen LogP contribution in [0.15, 0.2) is 67.0 Å². The van der Waals surface area contributed by atoms with Crippen molar-refractivity contribution in [3.63, 3.8) is 0 Å². The summed E-state index contributed by atoms with van der Waals surface area (Å²) in [6.45, 7) is 0.246. The molecule has 1 amide bonds. The summed E-state index contributed by atoms with van der Waals surface area (Å²) in [5.74, 6) is -0.514. The van der Waals surface area contributed by atoms with E-state index in [1.807, 2.05) is 0 Å². The number of hydrogen-bond acceptors (Lipinski definition) is 4. The van der Waals surface area contributed by atoms with Crippen LogP contribution in [0.3, 0.4) is 0 Å². The molecule has 150 valence electrons. The number of hydrogen-bond donors (Lipinski definition) is 1. The number of nitrogens with zero attached hydrogens (tertiary/aromatic N) is 1. The Bertz CT molecular complexity index is 998. The average molecular weight is 423 g/mol. The Morgan fingerprint density at radius 3 is 2.55 bits per heavy atom. The minimum absolute atomic E-state index is 0.00759. The molecule has 0 atom stereocenters. The van der Waals surface area contributed by atoms with Crippen LogP contribution in [-0.4, -0.2) is 17.3 Å². The van der Waals surface area contributed by atoms with Gasteiger partial charge in [0, 0.05) is 11.8 Å². The summed E-state index contributed by atoms with van der Waals surface area (Å²) in [6, 6.07) is 13.2. The molecule has 5 nitrogen and oxygen atoms in total. The van der Waals surface area contributed by atoms with E-state index in [0.717, 1.165) is 17.7 Å². The Balaban J connectivity index is 1.65. The van der Waals surface area contributed by atoms with Crippen LogP contribution < -0.4 is 14.8 Å². The van der Waals surface area contributed by atoms with E-state index >= 15 is 0 Å². The first kappa shape index (κ1) is 20.5. The van der Waals surface area contributed by atoms with Gasteiger partial charge in [-0.05, 0) is 48.0 Å². The number of alkyl halides is 3. The maximum Gasteiger partial charge on any atom is 0.573 e. The summed E-state index contributed by atoms with van der Waals surface area (Å²) in [5, 5.41) is 2.82. The Hall–Kier alpha value is -3.26. The van der Waals surface area contributed by atoms with Crippen molar-refractivity contribution in [1.29, 1.82) is 0 Å². The number of anilines is 1. The Labute approximate surface area is 169 Å². The monoisotopic (exact) mass is 422 g/mol. The minimum Gasteiger partial charge on any atom is -0.487 e. The van der Waals surface area contributed by atoms with Gasteiger partial charge in [0.2, 0.25) is 0 Å². The van der Waals surface area contributed by atoms with Crippen LogP contribution in [-0.2, 0) is 6.61 Å². The maximum atomic E-state index is 12.3. The van der Waals surface area contributed by atoms with Gasteiger partial charge in [-0.15, -0.1) is 13.2 Å². The molecule has 1 N–H and O–H groups in total. The predicted molar refractivity (Wildman–Crippen MR) is 101 cm³/mol. The molecule has 0 saturated heterocycles. The second-order valence-corrected chi connectivity index (χ2v) is 6.23. The van der Waals surface area contributed by atoms with Crippen LogP contribution in [0.4, 0.5) is 18.9 Å². The number of amides is 1. The first-order chi connectivity index (χ1) is 13.8. The molecule has 1 heterocycles. The Morgan fingerprint density at radius 1 is 1.07 bits per heavy atom. The highest BCUT2D eigenvalue weighted by Gasteiger charge is 2.31. The largest absolute Gasteiger partial charge is 0.573 e. The molecule has 0 aliphatic rings. The molecule has 0 radical (unpaired) electrons. The zero-order valence-electron chi connectivity index (χ0n) is 14.7. The van der Waals surface area contributed by atoms with E-state index in [9.17, 15) is 18.0 Å². The summed E-state index contributed by atoms with van der Waals surface area (Å²) in [7, 11) is 0. The summed E-state index contributed by atoms with van der Waals surface area (Å²) in [5.41, 5.74) is 1.06. The highest BCUT2D eigenvalue weighted by atomic mass is 35.5. The molecule has 29 heavy (non-hydrogen) atoms. The van der Waals surface area contributed by atoms with E-state index in [1.54, 1.807) is 42.7 Å². The maximum absolute atomic E-state index is 12.3. The molecule has 0 spiro atoms. The Morgan fingerprint density at radius 2 is 1.86 bits per heavy atom. The molecule has 2 aromatic carbocycles. The lowest BCUT2D eigenvalue weighted by Gasteiger charge is -2.12. The quantitative estimate of drug-likeness (QED) is 0.572. The van der Waals surface area contributed by atoms with Crippen molar-refractivity contribution >= 4 is 23.2 Å². The fourth-order valence-electron chi connectivity index (χ4n) is 2.38. The first-order valence-electron chi connectivity index (χ1n) is 8.28. The van der Waals surface area contributed by atoms with Gasteiger partial charge >= 0.3 is 6.36 Å². The van der Waals surface area contributed by atoms with Gasteiger partial charge in [-0.1, -0.05) is 23.7 Å². The third-order valence-electron chi connectivity index (χ3n) is 3.65. The van der Waals surface area contributed by atoms with Gasteiger partial charge in [0.05, 0.1) is 16.9 Å². The number of aromatic nitrogens is 1. The summed E-state index contributed by atoms with van der Waals surface area (Å²) < 4.78 is 46.4. The van der Waals surface area contributed by atoms with Crippen LogP contribution in [0.5, 0.6) is 11.5 Å². The highest BCUT2D eigenvalue weighted by molar-refractivity contribution is 6.34. The molecule has 0 fully saturated rings. The number of nitrogens with one attached hydrogen (secondary N) is 1. The fraction of sp³-hybridized carbons (Fsp3) is 0.100. The van der Waals surface area contributed by atoms with E-state index in [4.69, 9.17) is 16.3 Å². The van der Waals surface area contributed by atoms with Gasteiger partial charge in [0.25, 0.3) is 5.91 Å². The van der Waals surface area contributed by atoms with Gasteiger partial charge < -0.3 is 14.8 Å². The predicted octanol–water partition coefficient (Wildman–Crippen LogP) is 5.46. The van der Waals surface area contributed by atoms with E-state index in [0.29, 0.717) is 11.4 Å². The lowest BCUT2D eigenvalue weighted by molar-refractivity contribution is -0.274. The van der Waals surface area contributed by atoms with Crippen molar-refractivity contribution in [2.45, 2.75) is 13.0 Å². The van der Waals surface area contributed by atoms with Gasteiger partial charge in [-0.2, -0.15) is 0 Å². The number of benzene rings is 2. The molecule has 3 rings (SSSR count). The third kappa shape index (κ3) is 6.11. The zero-order chi connectivity index (χ0) is 20.9. The lowest BCUT2D eigenvalue weighted by atomic mass is 10.1. The van der Waals surface area contributed by atoms with Crippen molar-refractivity contribution in [2.75, 3.05) is 5.32 Å². The van der Waals surface area contributed by atoms with Crippen molar-refractivity contribution in [3.8, 4) is 11.5 Å². The van der Waals surface area contributed by atoms with Crippen molar-refractivity contribution in [1.82, 2.24) is 4.98 Å². The molecule has 0 unspecified atom stereocenters. The fourth-order valence-corrected chi connectivity index (χ4v) is 2.63. The molecule has 1 aromatic heterocycles. The van der Waals surface area contributed by atoms with Crippen molar-refractivity contribution in [3.05, 3.63) is 83.1 Å². The number of pyridine rings is 1. The van der Waals surface area contributed by atoms with Crippen LogP contribution in [0.25, 0.3) is 0 Å². The molecule has 9 heteroatoms. The van der Waals surface area contributed by atoms with Gasteiger partial charge in [0.1, 0.15) is 18.1 Å². The van der Waals surface area contributed by atoms with E-state index < -0.39 is 18.0 Å². The topological polar surface area (TPSA) is 60.5 Å². The number of carbonyl (C=O) groups is 1.